The van der Waals surface area contributed by atoms with E-state index in [2.05, 4.69) is 51.2 Å². The minimum atomic E-state index is 0. The number of carbonyl (C=O) groups is 1. The number of carbonyl (C=O) groups excluding carboxylic acids is 1. The van der Waals surface area contributed by atoms with Crippen LogP contribution in [-0.2, 0) is 4.79 Å². The van der Waals surface area contributed by atoms with Crippen molar-refractivity contribution in [2.24, 2.45) is 16.8 Å². The molecule has 7 nitrogen and oxygen atoms in total. The van der Waals surface area contributed by atoms with E-state index in [0.717, 1.165) is 71.0 Å². The SMILES string of the molecule is CN=C(NCC(C(C)C)N1CCN(C)CC1)NC1CCN(C(=O)C2CCCC2)C1.I. The van der Waals surface area contributed by atoms with E-state index in [4.69, 9.17) is 0 Å². The van der Waals surface area contributed by atoms with Gasteiger partial charge in [0.1, 0.15) is 0 Å². The molecule has 2 N–H and O–H groups in total. The lowest BCUT2D eigenvalue weighted by Crippen LogP contribution is -2.55. The van der Waals surface area contributed by atoms with E-state index in [0.29, 0.717) is 23.9 Å². The Morgan fingerprint density at radius 1 is 1.07 bits per heavy atom. The molecular weight excluding hydrogens is 491 g/mol. The first-order valence-corrected chi connectivity index (χ1v) is 11.7. The van der Waals surface area contributed by atoms with E-state index in [1.165, 1.54) is 12.8 Å². The van der Waals surface area contributed by atoms with Crippen molar-refractivity contribution in [1.82, 2.24) is 25.3 Å². The van der Waals surface area contributed by atoms with E-state index in [1.54, 1.807) is 0 Å². The van der Waals surface area contributed by atoms with Gasteiger partial charge in [-0.1, -0.05) is 26.7 Å². The average Bonchev–Trinajstić information content (AvgIpc) is 3.40. The largest absolute Gasteiger partial charge is 0.355 e. The third-order valence-electron chi connectivity index (χ3n) is 7.02. The van der Waals surface area contributed by atoms with Crippen molar-refractivity contribution < 1.29 is 4.79 Å². The molecule has 0 aromatic carbocycles. The van der Waals surface area contributed by atoms with Gasteiger partial charge in [0.15, 0.2) is 5.96 Å². The lowest BCUT2D eigenvalue weighted by Gasteiger charge is -2.40. The number of aliphatic imine (C=N–C) groups is 1. The van der Waals surface area contributed by atoms with Gasteiger partial charge in [-0.25, -0.2) is 0 Å². The summed E-state index contributed by atoms with van der Waals surface area (Å²) in [7, 11) is 4.04. The summed E-state index contributed by atoms with van der Waals surface area (Å²) >= 11 is 0. The molecule has 2 atom stereocenters. The summed E-state index contributed by atoms with van der Waals surface area (Å²) in [6.07, 6.45) is 5.60. The average molecular weight is 535 g/mol. The second-order valence-corrected chi connectivity index (χ2v) is 9.50. The molecule has 3 rings (SSSR count). The van der Waals surface area contributed by atoms with Gasteiger partial charge in [0.05, 0.1) is 0 Å². The normalized spacial score (nSPS) is 25.4. The zero-order valence-electron chi connectivity index (χ0n) is 19.4. The summed E-state index contributed by atoms with van der Waals surface area (Å²) in [6.45, 7) is 11.8. The maximum absolute atomic E-state index is 12.7. The number of nitrogens with one attached hydrogen (secondary N) is 2. The van der Waals surface area contributed by atoms with Crippen LogP contribution in [0.25, 0.3) is 0 Å². The second kappa shape index (κ2) is 12.4. The van der Waals surface area contributed by atoms with Crippen LogP contribution < -0.4 is 10.6 Å². The van der Waals surface area contributed by atoms with Gasteiger partial charge in [-0.15, -0.1) is 24.0 Å². The van der Waals surface area contributed by atoms with Gasteiger partial charge in [0.2, 0.25) is 5.91 Å². The zero-order valence-corrected chi connectivity index (χ0v) is 21.7. The Kier molecular flexibility index (Phi) is 10.6. The summed E-state index contributed by atoms with van der Waals surface area (Å²) in [5.41, 5.74) is 0. The van der Waals surface area contributed by atoms with E-state index in [-0.39, 0.29) is 29.9 Å². The molecule has 3 aliphatic rings. The predicted molar refractivity (Wildman–Crippen MR) is 135 cm³/mol. The molecule has 0 radical (unpaired) electrons. The van der Waals surface area contributed by atoms with Crippen LogP contribution in [0.15, 0.2) is 4.99 Å². The Morgan fingerprint density at radius 2 is 1.73 bits per heavy atom. The van der Waals surface area contributed by atoms with E-state index in [1.807, 2.05) is 7.05 Å². The van der Waals surface area contributed by atoms with Gasteiger partial charge in [0, 0.05) is 70.9 Å². The lowest BCUT2D eigenvalue weighted by molar-refractivity contribution is -0.134. The molecule has 2 saturated heterocycles. The molecule has 1 aliphatic carbocycles. The molecule has 174 valence electrons. The van der Waals surface area contributed by atoms with Crippen LogP contribution >= 0.6 is 24.0 Å². The number of halogens is 1. The van der Waals surface area contributed by atoms with Crippen LogP contribution in [0.5, 0.6) is 0 Å². The number of guanidine groups is 1. The summed E-state index contributed by atoms with van der Waals surface area (Å²) in [6, 6.07) is 0.805. The summed E-state index contributed by atoms with van der Waals surface area (Å²) in [5.74, 6) is 2.12. The summed E-state index contributed by atoms with van der Waals surface area (Å²) < 4.78 is 0. The fourth-order valence-electron chi connectivity index (χ4n) is 5.04. The van der Waals surface area contributed by atoms with E-state index >= 15 is 0 Å². The number of hydrogen-bond donors (Lipinski definition) is 2. The van der Waals surface area contributed by atoms with E-state index < -0.39 is 0 Å². The van der Waals surface area contributed by atoms with Crippen molar-refractivity contribution in [2.45, 2.75) is 58.0 Å². The highest BCUT2D eigenvalue weighted by Crippen LogP contribution is 2.27. The first-order chi connectivity index (χ1) is 14.0. The highest BCUT2D eigenvalue weighted by molar-refractivity contribution is 14.0. The number of likely N-dealkylation sites (tertiary alicyclic amines) is 1. The molecule has 2 aliphatic heterocycles. The zero-order chi connectivity index (χ0) is 20.8. The summed E-state index contributed by atoms with van der Waals surface area (Å²) in [4.78, 5) is 24.2. The van der Waals surface area contributed by atoms with Crippen LogP contribution in [0, 0.1) is 11.8 Å². The maximum Gasteiger partial charge on any atom is 0.225 e. The lowest BCUT2D eigenvalue weighted by atomic mass is 10.0. The fourth-order valence-corrected chi connectivity index (χ4v) is 5.04. The second-order valence-electron chi connectivity index (χ2n) is 9.50. The number of amides is 1. The molecule has 0 aromatic heterocycles. The smallest absolute Gasteiger partial charge is 0.225 e. The van der Waals surface area contributed by atoms with Gasteiger partial charge in [0.25, 0.3) is 0 Å². The molecule has 30 heavy (non-hydrogen) atoms. The molecule has 3 fully saturated rings. The van der Waals surface area contributed by atoms with Gasteiger partial charge >= 0.3 is 0 Å². The predicted octanol–water partition coefficient (Wildman–Crippen LogP) is 1.83. The third kappa shape index (κ3) is 6.95. The van der Waals surface area contributed by atoms with Gasteiger partial charge in [-0.3, -0.25) is 14.7 Å². The van der Waals surface area contributed by atoms with Crippen molar-refractivity contribution in [3.05, 3.63) is 0 Å². The van der Waals surface area contributed by atoms with Gasteiger partial charge in [-0.2, -0.15) is 0 Å². The van der Waals surface area contributed by atoms with Crippen molar-refractivity contribution in [1.29, 1.82) is 0 Å². The Hall–Kier alpha value is -0.610. The molecule has 0 bridgehead atoms. The Balaban J connectivity index is 0.00000320. The van der Waals surface area contributed by atoms with Crippen molar-refractivity contribution in [3.63, 3.8) is 0 Å². The van der Waals surface area contributed by atoms with E-state index in [9.17, 15) is 4.79 Å². The molecular formula is C22H43IN6O. The van der Waals surface area contributed by atoms with Crippen molar-refractivity contribution in [3.8, 4) is 0 Å². The molecule has 8 heteroatoms. The monoisotopic (exact) mass is 534 g/mol. The highest BCUT2D eigenvalue weighted by Gasteiger charge is 2.32. The minimum absolute atomic E-state index is 0. The Morgan fingerprint density at radius 3 is 2.33 bits per heavy atom. The van der Waals surface area contributed by atoms with Crippen LogP contribution in [0.2, 0.25) is 0 Å². The first kappa shape index (κ1) is 25.6. The topological polar surface area (TPSA) is 63.2 Å². The number of hydrogen-bond acceptors (Lipinski definition) is 4. The van der Waals surface area contributed by atoms with Crippen LogP contribution in [0.4, 0.5) is 0 Å². The fraction of sp³-hybridized carbons (Fsp3) is 0.909. The van der Waals surface area contributed by atoms with Gasteiger partial charge < -0.3 is 20.4 Å². The quantitative estimate of drug-likeness (QED) is 0.310. The third-order valence-corrected chi connectivity index (χ3v) is 7.02. The first-order valence-electron chi connectivity index (χ1n) is 11.7. The van der Waals surface area contributed by atoms with Crippen LogP contribution in [-0.4, -0.2) is 98.6 Å². The summed E-state index contributed by atoms with van der Waals surface area (Å²) in [5, 5.41) is 7.13. The molecule has 2 heterocycles. The highest BCUT2D eigenvalue weighted by atomic mass is 127. The molecule has 1 saturated carbocycles. The molecule has 2 unspecified atom stereocenters. The maximum atomic E-state index is 12.7. The Labute approximate surface area is 200 Å². The standard InChI is InChI=1S/C22H42N6O.HI/c1-17(2)20(27-13-11-26(4)12-14-27)15-24-22(23-3)25-19-9-10-28(16-19)21(29)18-7-5-6-8-18;/h17-20H,5-16H2,1-4H3,(H2,23,24,25);1H. The minimum Gasteiger partial charge on any atom is -0.355 e. The number of nitrogens with zero attached hydrogens (tertiary/aromatic N) is 4. The Bertz CT molecular complexity index is 558. The van der Waals surface area contributed by atoms with Crippen LogP contribution in [0.3, 0.4) is 0 Å². The number of likely N-dealkylation sites (N-methyl/N-ethyl adjacent to an activating group) is 1. The van der Waals surface area contributed by atoms with Crippen molar-refractivity contribution in [2.75, 3.05) is 59.9 Å². The molecule has 0 aromatic rings. The van der Waals surface area contributed by atoms with Gasteiger partial charge in [-0.05, 0) is 32.2 Å². The number of rotatable bonds is 6. The molecule has 0 spiro atoms. The number of piperazine rings is 1. The molecule has 1 amide bonds. The van der Waals surface area contributed by atoms with Crippen molar-refractivity contribution >= 4 is 35.8 Å². The van der Waals surface area contributed by atoms with Crippen LogP contribution in [0.1, 0.15) is 46.0 Å².